The van der Waals surface area contributed by atoms with Crippen LogP contribution in [0.3, 0.4) is 0 Å². The Kier molecular flexibility index (Phi) is 4.81. The lowest BCUT2D eigenvalue weighted by atomic mass is 10.1. The van der Waals surface area contributed by atoms with E-state index in [9.17, 15) is 4.79 Å². The van der Waals surface area contributed by atoms with Crippen molar-refractivity contribution in [1.29, 1.82) is 0 Å². The van der Waals surface area contributed by atoms with Crippen molar-refractivity contribution in [2.75, 3.05) is 13.6 Å². The van der Waals surface area contributed by atoms with Gasteiger partial charge in [0.15, 0.2) is 0 Å². The molecule has 0 radical (unpaired) electrons. The van der Waals surface area contributed by atoms with Crippen molar-refractivity contribution in [2.45, 2.75) is 13.8 Å². The van der Waals surface area contributed by atoms with Crippen LogP contribution in [0.5, 0.6) is 0 Å². The molecule has 0 N–H and O–H groups in total. The maximum absolute atomic E-state index is 12.0. The fourth-order valence-corrected chi connectivity index (χ4v) is 1.98. The van der Waals surface area contributed by atoms with Gasteiger partial charge >= 0.3 is 0 Å². The van der Waals surface area contributed by atoms with Gasteiger partial charge in [0, 0.05) is 23.6 Å². The van der Waals surface area contributed by atoms with Gasteiger partial charge in [-0.25, -0.2) is 0 Å². The second-order valence-corrected chi connectivity index (χ2v) is 5.47. The Bertz CT molecular complexity index is 393. The molecule has 1 aromatic rings. The normalized spacial score (nSPS) is 10.6. The van der Waals surface area contributed by atoms with Crippen LogP contribution in [0.2, 0.25) is 5.02 Å². The van der Waals surface area contributed by atoms with E-state index in [0.29, 0.717) is 16.5 Å². The number of carbonyl (C=O) groups is 1. The maximum atomic E-state index is 12.0. The van der Waals surface area contributed by atoms with Crippen LogP contribution in [0, 0.1) is 5.92 Å². The first kappa shape index (κ1) is 13.5. The quantitative estimate of drug-likeness (QED) is 0.831. The van der Waals surface area contributed by atoms with Crippen LogP contribution in [0.25, 0.3) is 0 Å². The number of hydrogen-bond donors (Lipinski definition) is 0. The van der Waals surface area contributed by atoms with E-state index >= 15 is 0 Å². The highest BCUT2D eigenvalue weighted by atomic mass is 79.9. The summed E-state index contributed by atoms with van der Waals surface area (Å²) in [6.45, 7) is 4.92. The molecule has 0 bridgehead atoms. The lowest BCUT2D eigenvalue weighted by molar-refractivity contribution is 0.0779. The van der Waals surface area contributed by atoms with Gasteiger partial charge in [-0.2, -0.15) is 0 Å². The first-order valence-electron chi connectivity index (χ1n) is 5.12. The van der Waals surface area contributed by atoms with E-state index in [4.69, 9.17) is 11.6 Å². The van der Waals surface area contributed by atoms with Crippen molar-refractivity contribution in [3.05, 3.63) is 33.3 Å². The summed E-state index contributed by atoms with van der Waals surface area (Å²) in [6, 6.07) is 5.22. The molecule has 2 nitrogen and oxygen atoms in total. The molecule has 0 fully saturated rings. The highest BCUT2D eigenvalue weighted by Crippen LogP contribution is 2.23. The van der Waals surface area contributed by atoms with Gasteiger partial charge in [0.1, 0.15) is 0 Å². The smallest absolute Gasteiger partial charge is 0.253 e. The predicted molar refractivity (Wildman–Crippen MR) is 71.0 cm³/mol. The first-order valence-corrected chi connectivity index (χ1v) is 6.29. The number of rotatable bonds is 3. The number of hydrogen-bond acceptors (Lipinski definition) is 1. The minimum Gasteiger partial charge on any atom is -0.341 e. The van der Waals surface area contributed by atoms with Gasteiger partial charge < -0.3 is 4.90 Å². The average molecular weight is 305 g/mol. The van der Waals surface area contributed by atoms with Crippen LogP contribution >= 0.6 is 27.5 Å². The molecular weight excluding hydrogens is 289 g/mol. The zero-order valence-electron chi connectivity index (χ0n) is 9.63. The molecule has 0 saturated heterocycles. The zero-order chi connectivity index (χ0) is 12.3. The van der Waals surface area contributed by atoms with Crippen LogP contribution in [-0.2, 0) is 0 Å². The standard InChI is InChI=1S/C12H15BrClNO/c1-8(2)7-15(3)12(16)9-4-5-11(14)10(13)6-9/h4-6,8H,7H2,1-3H3. The van der Waals surface area contributed by atoms with Gasteiger partial charge in [-0.15, -0.1) is 0 Å². The third-order valence-corrected chi connectivity index (χ3v) is 3.37. The summed E-state index contributed by atoms with van der Waals surface area (Å²) < 4.78 is 0.748. The summed E-state index contributed by atoms with van der Waals surface area (Å²) in [5, 5.41) is 0.614. The molecule has 0 atom stereocenters. The fraction of sp³-hybridized carbons (Fsp3) is 0.417. The predicted octanol–water partition coefficient (Wildman–Crippen LogP) is 3.83. The van der Waals surface area contributed by atoms with Crippen molar-refractivity contribution in [3.8, 4) is 0 Å². The Balaban J connectivity index is 2.84. The molecule has 0 aliphatic heterocycles. The lowest BCUT2D eigenvalue weighted by Gasteiger charge is -2.19. The second kappa shape index (κ2) is 5.69. The molecule has 16 heavy (non-hydrogen) atoms. The molecule has 1 amide bonds. The molecule has 0 spiro atoms. The SMILES string of the molecule is CC(C)CN(C)C(=O)c1ccc(Cl)c(Br)c1. The summed E-state index contributed by atoms with van der Waals surface area (Å²) in [5.74, 6) is 0.482. The van der Waals surface area contributed by atoms with Crippen LogP contribution < -0.4 is 0 Å². The molecule has 0 aromatic heterocycles. The fourth-order valence-electron chi connectivity index (χ4n) is 1.48. The summed E-state index contributed by atoms with van der Waals surface area (Å²) in [5.41, 5.74) is 0.652. The van der Waals surface area contributed by atoms with Crippen LogP contribution in [0.4, 0.5) is 0 Å². The van der Waals surface area contributed by atoms with E-state index in [2.05, 4.69) is 29.8 Å². The van der Waals surface area contributed by atoms with E-state index < -0.39 is 0 Å². The van der Waals surface area contributed by atoms with Crippen LogP contribution in [0.15, 0.2) is 22.7 Å². The van der Waals surface area contributed by atoms with E-state index in [1.807, 2.05) is 7.05 Å². The Morgan fingerprint density at radius 2 is 2.12 bits per heavy atom. The van der Waals surface area contributed by atoms with Crippen molar-refractivity contribution in [2.24, 2.45) is 5.92 Å². The Morgan fingerprint density at radius 1 is 1.50 bits per heavy atom. The lowest BCUT2D eigenvalue weighted by Crippen LogP contribution is -2.30. The first-order chi connectivity index (χ1) is 7.41. The number of benzene rings is 1. The highest BCUT2D eigenvalue weighted by Gasteiger charge is 2.13. The molecule has 0 heterocycles. The minimum atomic E-state index is 0.0195. The van der Waals surface area contributed by atoms with Crippen molar-refractivity contribution < 1.29 is 4.79 Å². The molecule has 0 aliphatic rings. The second-order valence-electron chi connectivity index (χ2n) is 4.21. The van der Waals surface area contributed by atoms with E-state index in [0.717, 1.165) is 11.0 Å². The third-order valence-electron chi connectivity index (χ3n) is 2.15. The molecule has 0 aliphatic carbocycles. The number of nitrogens with zero attached hydrogens (tertiary/aromatic N) is 1. The monoisotopic (exact) mass is 303 g/mol. The van der Waals surface area contributed by atoms with Gasteiger partial charge in [0.25, 0.3) is 5.91 Å². The largest absolute Gasteiger partial charge is 0.341 e. The van der Waals surface area contributed by atoms with Crippen molar-refractivity contribution >= 4 is 33.4 Å². The number of carbonyl (C=O) groups excluding carboxylic acids is 1. The molecular formula is C12H15BrClNO. The van der Waals surface area contributed by atoms with E-state index in [1.54, 1.807) is 23.1 Å². The maximum Gasteiger partial charge on any atom is 0.253 e. The van der Waals surface area contributed by atoms with E-state index in [1.165, 1.54) is 0 Å². The topological polar surface area (TPSA) is 20.3 Å². The van der Waals surface area contributed by atoms with E-state index in [-0.39, 0.29) is 5.91 Å². The Hall–Kier alpha value is -0.540. The van der Waals surface area contributed by atoms with Gasteiger partial charge in [-0.1, -0.05) is 25.4 Å². The summed E-state index contributed by atoms with van der Waals surface area (Å²) in [4.78, 5) is 13.7. The summed E-state index contributed by atoms with van der Waals surface area (Å²) >= 11 is 9.19. The Morgan fingerprint density at radius 3 is 2.62 bits per heavy atom. The van der Waals surface area contributed by atoms with Gasteiger partial charge in [0.2, 0.25) is 0 Å². The van der Waals surface area contributed by atoms with Crippen molar-refractivity contribution in [3.63, 3.8) is 0 Å². The van der Waals surface area contributed by atoms with Crippen molar-refractivity contribution in [1.82, 2.24) is 4.90 Å². The zero-order valence-corrected chi connectivity index (χ0v) is 12.0. The molecule has 0 saturated carbocycles. The summed E-state index contributed by atoms with van der Waals surface area (Å²) in [7, 11) is 1.81. The molecule has 4 heteroatoms. The molecule has 1 aromatic carbocycles. The molecule has 88 valence electrons. The highest BCUT2D eigenvalue weighted by molar-refractivity contribution is 9.10. The third kappa shape index (κ3) is 3.49. The van der Waals surface area contributed by atoms with Crippen LogP contribution in [-0.4, -0.2) is 24.4 Å². The Labute approximate surface area is 110 Å². The summed E-state index contributed by atoms with van der Waals surface area (Å²) in [6.07, 6.45) is 0. The van der Waals surface area contributed by atoms with Crippen LogP contribution in [0.1, 0.15) is 24.2 Å². The van der Waals surface area contributed by atoms with Gasteiger partial charge in [-0.3, -0.25) is 4.79 Å². The van der Waals surface area contributed by atoms with Gasteiger partial charge in [-0.05, 0) is 40.0 Å². The number of amides is 1. The number of halogens is 2. The van der Waals surface area contributed by atoms with Gasteiger partial charge in [0.05, 0.1) is 5.02 Å². The molecule has 0 unspecified atom stereocenters. The minimum absolute atomic E-state index is 0.0195. The molecule has 1 rings (SSSR count). The average Bonchev–Trinajstić information content (AvgIpc) is 2.20.